The van der Waals surface area contributed by atoms with Crippen molar-refractivity contribution in [2.24, 2.45) is 17.8 Å². The summed E-state index contributed by atoms with van der Waals surface area (Å²) in [5.41, 5.74) is -0.319. The number of hydrogen-bond donors (Lipinski definition) is 4. The molecule has 0 radical (unpaired) electrons. The Morgan fingerprint density at radius 1 is 1.24 bits per heavy atom. The fourth-order valence-electron chi connectivity index (χ4n) is 3.79. The van der Waals surface area contributed by atoms with Crippen molar-refractivity contribution in [3.05, 3.63) is 28.8 Å². The van der Waals surface area contributed by atoms with Crippen molar-refractivity contribution in [1.29, 1.82) is 0 Å². The number of hydrogen-bond acceptors (Lipinski definition) is 5. The summed E-state index contributed by atoms with van der Waals surface area (Å²) in [6, 6.07) is 2.39. The molecule has 0 spiro atoms. The van der Waals surface area contributed by atoms with E-state index in [4.69, 9.17) is 11.6 Å². The molecule has 4 atom stereocenters. The monoisotopic (exact) mass is 502 g/mol. The number of rotatable bonds is 8. The van der Waals surface area contributed by atoms with Crippen LogP contribution in [0.5, 0.6) is 0 Å². The minimum Gasteiger partial charge on any atom is -0.356 e. The van der Waals surface area contributed by atoms with Crippen molar-refractivity contribution in [1.82, 2.24) is 16.0 Å². The van der Waals surface area contributed by atoms with Gasteiger partial charge in [0.2, 0.25) is 17.6 Å². The summed E-state index contributed by atoms with van der Waals surface area (Å²) >= 11 is 5.96. The number of halogens is 4. The predicted molar refractivity (Wildman–Crippen MR) is 114 cm³/mol. The first-order chi connectivity index (χ1) is 15.9. The van der Waals surface area contributed by atoms with Gasteiger partial charge in [-0.2, -0.15) is 13.2 Å². The molecular formula is C21H22ClF3N4O5. The second-order valence-corrected chi connectivity index (χ2v) is 8.59. The minimum atomic E-state index is -4.50. The Balaban J connectivity index is 1.79. The van der Waals surface area contributed by atoms with Crippen LogP contribution in [0, 0.1) is 17.8 Å². The van der Waals surface area contributed by atoms with Crippen molar-refractivity contribution in [2.45, 2.75) is 31.5 Å². The van der Waals surface area contributed by atoms with Crippen molar-refractivity contribution >= 4 is 46.7 Å². The lowest BCUT2D eigenvalue weighted by molar-refractivity contribution is -0.153. The van der Waals surface area contributed by atoms with Gasteiger partial charge in [0.05, 0.1) is 29.1 Å². The molecule has 2 unspecified atom stereocenters. The number of Topliss-reactive ketones (excluding diaryl/α,β-unsaturated/α-hetero) is 1. The molecule has 34 heavy (non-hydrogen) atoms. The first-order valence-electron chi connectivity index (χ1n) is 10.4. The zero-order chi connectivity index (χ0) is 25.2. The normalized spacial score (nSPS) is 22.4. The number of anilines is 1. The van der Waals surface area contributed by atoms with Crippen molar-refractivity contribution < 1.29 is 37.1 Å². The van der Waals surface area contributed by atoms with Crippen molar-refractivity contribution in [2.75, 3.05) is 18.9 Å². The largest absolute Gasteiger partial charge is 0.392 e. The van der Waals surface area contributed by atoms with E-state index in [1.807, 2.05) is 0 Å². The molecule has 1 aromatic rings. The summed E-state index contributed by atoms with van der Waals surface area (Å²) in [7, 11) is 1.23. The van der Waals surface area contributed by atoms with E-state index in [-0.39, 0.29) is 35.0 Å². The van der Waals surface area contributed by atoms with Crippen LogP contribution in [-0.2, 0) is 19.2 Å². The zero-order valence-electron chi connectivity index (χ0n) is 17.9. The molecule has 1 aliphatic heterocycles. The van der Waals surface area contributed by atoms with Crippen LogP contribution in [-0.4, -0.2) is 55.2 Å². The standard InChI is InChI=1S/C21H22ClF3N4O5/c1-26-20(34)16(30)15(6-9-4-5-27-17(9)31)29-19(33)12-7-10(22)2-3-14(12)28-18(32)11-8-13(11)21(23,24)25/h2-3,7,9,11,13,15H,4-6,8H2,1H3,(H,26,34)(H,27,31)(H,28,32)(H,29,33)/t9-,11?,13?,15-/m0/s1. The van der Waals surface area contributed by atoms with E-state index in [1.54, 1.807) is 0 Å². The Morgan fingerprint density at radius 2 is 1.94 bits per heavy atom. The Kier molecular flexibility index (Phi) is 7.49. The van der Waals surface area contributed by atoms with Crippen LogP contribution in [0.4, 0.5) is 18.9 Å². The number of amides is 4. The Hall–Kier alpha value is -3.15. The second-order valence-electron chi connectivity index (χ2n) is 8.15. The smallest absolute Gasteiger partial charge is 0.356 e. The summed E-state index contributed by atoms with van der Waals surface area (Å²) < 4.78 is 38.4. The fraction of sp³-hybridized carbons (Fsp3) is 0.476. The molecule has 4 N–H and O–H groups in total. The molecule has 0 bridgehead atoms. The summed E-state index contributed by atoms with van der Waals surface area (Å²) in [6.45, 7) is 0.392. The molecule has 9 nitrogen and oxygen atoms in total. The Bertz CT molecular complexity index is 1030. The lowest BCUT2D eigenvalue weighted by atomic mass is 9.95. The second kappa shape index (κ2) is 10.00. The number of carbonyl (C=O) groups excluding carboxylic acids is 5. The van der Waals surface area contributed by atoms with Crippen LogP contribution in [0.2, 0.25) is 5.02 Å². The zero-order valence-corrected chi connectivity index (χ0v) is 18.7. The summed E-state index contributed by atoms with van der Waals surface area (Å²) in [4.78, 5) is 61.7. The van der Waals surface area contributed by atoms with Gasteiger partial charge in [-0.25, -0.2) is 0 Å². The van der Waals surface area contributed by atoms with E-state index in [9.17, 15) is 37.1 Å². The van der Waals surface area contributed by atoms with Gasteiger partial charge < -0.3 is 21.3 Å². The third-order valence-electron chi connectivity index (χ3n) is 5.79. The molecule has 4 amide bonds. The molecule has 2 fully saturated rings. The summed E-state index contributed by atoms with van der Waals surface area (Å²) in [5, 5.41) is 9.57. The lowest BCUT2D eigenvalue weighted by Crippen LogP contribution is -2.48. The van der Waals surface area contributed by atoms with Crippen LogP contribution in [0.25, 0.3) is 0 Å². The number of ketones is 1. The third-order valence-corrected chi connectivity index (χ3v) is 6.02. The van der Waals surface area contributed by atoms with Gasteiger partial charge in [-0.05, 0) is 37.5 Å². The van der Waals surface area contributed by atoms with Crippen LogP contribution < -0.4 is 21.3 Å². The predicted octanol–water partition coefficient (Wildman–Crippen LogP) is 1.42. The number of alkyl halides is 3. The SMILES string of the molecule is CNC(=O)C(=O)[C@H](C[C@@H]1CCNC1=O)NC(=O)c1cc(Cl)ccc1NC(=O)C1CC1C(F)(F)F. The third kappa shape index (κ3) is 5.85. The molecule has 184 valence electrons. The van der Waals surface area contributed by atoms with Gasteiger partial charge in [0.1, 0.15) is 0 Å². The maximum absolute atomic E-state index is 13.0. The fourth-order valence-corrected chi connectivity index (χ4v) is 3.96. The number of benzene rings is 1. The number of carbonyl (C=O) groups is 5. The van der Waals surface area contributed by atoms with Gasteiger partial charge in [0.15, 0.2) is 0 Å². The van der Waals surface area contributed by atoms with E-state index < -0.39 is 53.5 Å². The molecule has 2 aliphatic rings. The quantitative estimate of drug-likeness (QED) is 0.399. The molecule has 1 heterocycles. The van der Waals surface area contributed by atoms with Crippen molar-refractivity contribution in [3.63, 3.8) is 0 Å². The van der Waals surface area contributed by atoms with Crippen LogP contribution >= 0.6 is 11.6 Å². The average molecular weight is 503 g/mol. The van der Waals surface area contributed by atoms with Gasteiger partial charge in [-0.1, -0.05) is 11.6 Å². The molecule has 1 aliphatic carbocycles. The van der Waals surface area contributed by atoms with Gasteiger partial charge in [-0.15, -0.1) is 0 Å². The minimum absolute atomic E-state index is 0.0899. The van der Waals surface area contributed by atoms with Crippen LogP contribution in [0.1, 0.15) is 29.6 Å². The highest BCUT2D eigenvalue weighted by Gasteiger charge is 2.58. The maximum atomic E-state index is 13.0. The van der Waals surface area contributed by atoms with Crippen LogP contribution in [0.15, 0.2) is 18.2 Å². The van der Waals surface area contributed by atoms with Gasteiger partial charge in [-0.3, -0.25) is 24.0 Å². The molecular weight excluding hydrogens is 481 g/mol. The highest BCUT2D eigenvalue weighted by molar-refractivity contribution is 6.38. The molecule has 13 heteroatoms. The topological polar surface area (TPSA) is 133 Å². The first kappa shape index (κ1) is 25.5. The van der Waals surface area contributed by atoms with Gasteiger partial charge in [0.25, 0.3) is 11.8 Å². The number of likely N-dealkylation sites (N-methyl/N-ethyl adjacent to an activating group) is 1. The van der Waals surface area contributed by atoms with E-state index in [0.29, 0.717) is 13.0 Å². The molecule has 1 saturated heterocycles. The Morgan fingerprint density at radius 3 is 2.50 bits per heavy atom. The van der Waals surface area contributed by atoms with Crippen LogP contribution in [0.3, 0.4) is 0 Å². The lowest BCUT2D eigenvalue weighted by Gasteiger charge is -2.20. The Labute approximate surface area is 197 Å². The molecule has 1 aromatic carbocycles. The highest BCUT2D eigenvalue weighted by atomic mass is 35.5. The van der Waals surface area contributed by atoms with E-state index in [0.717, 1.165) is 0 Å². The average Bonchev–Trinajstić information content (AvgIpc) is 3.51. The maximum Gasteiger partial charge on any atom is 0.392 e. The highest BCUT2D eigenvalue weighted by Crippen LogP contribution is 2.50. The summed E-state index contributed by atoms with van der Waals surface area (Å²) in [5.74, 6) is -7.69. The van der Waals surface area contributed by atoms with E-state index in [1.165, 1.54) is 25.2 Å². The number of nitrogens with one attached hydrogen (secondary N) is 4. The van der Waals surface area contributed by atoms with E-state index >= 15 is 0 Å². The van der Waals surface area contributed by atoms with Crippen molar-refractivity contribution in [3.8, 4) is 0 Å². The molecule has 3 rings (SSSR count). The van der Waals surface area contributed by atoms with E-state index in [2.05, 4.69) is 21.3 Å². The first-order valence-corrected chi connectivity index (χ1v) is 10.8. The van der Waals surface area contributed by atoms with Gasteiger partial charge >= 0.3 is 6.18 Å². The molecule has 0 aromatic heterocycles. The summed E-state index contributed by atoms with van der Waals surface area (Å²) in [6.07, 6.45) is -4.58. The van der Waals surface area contributed by atoms with Gasteiger partial charge in [0, 0.05) is 24.5 Å². The molecule has 1 saturated carbocycles.